The Balaban J connectivity index is 1.74. The predicted molar refractivity (Wildman–Crippen MR) is 86.7 cm³/mol. The third kappa shape index (κ3) is 2.95. The van der Waals surface area contributed by atoms with Gasteiger partial charge in [0.2, 0.25) is 0 Å². The molecular formula is C18H28N2O. The van der Waals surface area contributed by atoms with E-state index in [0.717, 1.165) is 32.6 Å². The molecule has 0 spiro atoms. The van der Waals surface area contributed by atoms with Crippen molar-refractivity contribution in [3.8, 4) is 5.75 Å². The minimum Gasteiger partial charge on any atom is -0.508 e. The number of phenolic OH excluding ortho intramolecular Hbond substituents is 1. The maximum Gasteiger partial charge on any atom is 0.119 e. The molecule has 21 heavy (non-hydrogen) atoms. The lowest BCUT2D eigenvalue weighted by Gasteiger charge is -2.45. The molecule has 0 saturated carbocycles. The van der Waals surface area contributed by atoms with Crippen LogP contribution < -0.4 is 0 Å². The average Bonchev–Trinajstić information content (AvgIpc) is 2.46. The van der Waals surface area contributed by atoms with Gasteiger partial charge in [-0.3, -0.25) is 9.80 Å². The van der Waals surface area contributed by atoms with Crippen LogP contribution in [-0.4, -0.2) is 46.6 Å². The first-order chi connectivity index (χ1) is 9.97. The van der Waals surface area contributed by atoms with Gasteiger partial charge < -0.3 is 5.11 Å². The van der Waals surface area contributed by atoms with Crippen LogP contribution in [-0.2, 0) is 6.42 Å². The zero-order chi connectivity index (χ0) is 15.0. The molecule has 0 amide bonds. The summed E-state index contributed by atoms with van der Waals surface area (Å²) in [4.78, 5) is 5.20. The van der Waals surface area contributed by atoms with Crippen LogP contribution in [0.2, 0.25) is 0 Å². The second-order valence-corrected chi connectivity index (χ2v) is 7.45. The maximum atomic E-state index is 10.1. The quantitative estimate of drug-likeness (QED) is 0.860. The number of nitrogens with zero attached hydrogens (tertiary/aromatic N) is 2. The molecule has 1 atom stereocenters. The lowest BCUT2D eigenvalue weighted by molar-refractivity contribution is 0.0376. The van der Waals surface area contributed by atoms with Crippen LogP contribution in [0.5, 0.6) is 5.75 Å². The van der Waals surface area contributed by atoms with Gasteiger partial charge in [-0.1, -0.05) is 12.1 Å². The van der Waals surface area contributed by atoms with Crippen molar-refractivity contribution in [2.24, 2.45) is 0 Å². The minimum atomic E-state index is 0.273. The molecule has 1 aliphatic heterocycles. The normalized spacial score (nSPS) is 24.8. The molecule has 3 rings (SSSR count). The van der Waals surface area contributed by atoms with Crippen LogP contribution in [0.1, 0.15) is 50.8 Å². The average molecular weight is 288 g/mol. The van der Waals surface area contributed by atoms with Gasteiger partial charge in [-0.2, -0.15) is 0 Å². The van der Waals surface area contributed by atoms with E-state index in [1.807, 2.05) is 12.1 Å². The number of hydrogen-bond donors (Lipinski definition) is 1. The van der Waals surface area contributed by atoms with E-state index >= 15 is 0 Å². The van der Waals surface area contributed by atoms with Crippen LogP contribution in [0, 0.1) is 0 Å². The summed E-state index contributed by atoms with van der Waals surface area (Å²) in [5.41, 5.74) is 2.83. The molecule has 1 heterocycles. The van der Waals surface area contributed by atoms with Crippen LogP contribution in [0.4, 0.5) is 0 Å². The van der Waals surface area contributed by atoms with Crippen molar-refractivity contribution in [2.75, 3.05) is 26.2 Å². The summed E-state index contributed by atoms with van der Waals surface area (Å²) in [6.07, 6.45) is 3.45. The summed E-state index contributed by atoms with van der Waals surface area (Å²) in [5.74, 6) is 0.491. The standard InChI is InChI=1S/C18H28N2O/c1-18(2,3)20-12-10-19(11-13-20)16-8-4-7-15-14(16)6-5-9-17(15)21/h5-6,9,16,21H,4,7-8,10-13H2,1-3H3. The van der Waals surface area contributed by atoms with Crippen LogP contribution in [0.25, 0.3) is 0 Å². The van der Waals surface area contributed by atoms with Crippen molar-refractivity contribution in [2.45, 2.75) is 51.6 Å². The zero-order valence-corrected chi connectivity index (χ0v) is 13.6. The summed E-state index contributed by atoms with van der Waals surface area (Å²) in [6.45, 7) is 11.5. The molecule has 0 radical (unpaired) electrons. The summed E-state index contributed by atoms with van der Waals surface area (Å²) in [7, 11) is 0. The van der Waals surface area contributed by atoms with Crippen molar-refractivity contribution in [3.63, 3.8) is 0 Å². The second-order valence-electron chi connectivity index (χ2n) is 7.45. The summed E-state index contributed by atoms with van der Waals surface area (Å²) in [6, 6.07) is 6.55. The van der Waals surface area contributed by atoms with Gasteiger partial charge in [0.1, 0.15) is 5.75 Å². The predicted octanol–water partition coefficient (Wildman–Crippen LogP) is 3.19. The third-order valence-electron chi connectivity index (χ3n) is 5.15. The number of benzene rings is 1. The molecular weight excluding hydrogens is 260 g/mol. The summed E-state index contributed by atoms with van der Waals surface area (Å²) < 4.78 is 0. The van der Waals surface area contributed by atoms with Crippen molar-refractivity contribution >= 4 is 0 Å². The SMILES string of the molecule is CC(C)(C)N1CCN(C2CCCc3c(O)cccc32)CC1. The molecule has 1 aliphatic carbocycles. The third-order valence-corrected chi connectivity index (χ3v) is 5.15. The molecule has 1 aromatic rings. The minimum absolute atomic E-state index is 0.273. The van der Waals surface area contributed by atoms with Gasteiger partial charge in [0, 0.05) is 37.8 Å². The number of aromatic hydroxyl groups is 1. The Morgan fingerprint density at radius 2 is 1.81 bits per heavy atom. The van der Waals surface area contributed by atoms with E-state index in [1.54, 1.807) is 0 Å². The van der Waals surface area contributed by atoms with E-state index in [4.69, 9.17) is 0 Å². The largest absolute Gasteiger partial charge is 0.508 e. The van der Waals surface area contributed by atoms with Gasteiger partial charge in [-0.05, 0) is 57.2 Å². The Kier molecular flexibility index (Phi) is 3.98. The number of hydrogen-bond acceptors (Lipinski definition) is 3. The number of rotatable bonds is 1. The maximum absolute atomic E-state index is 10.1. The highest BCUT2D eigenvalue weighted by Gasteiger charge is 2.32. The fourth-order valence-electron chi connectivity index (χ4n) is 3.89. The summed E-state index contributed by atoms with van der Waals surface area (Å²) in [5, 5.41) is 10.1. The fourth-order valence-corrected chi connectivity index (χ4v) is 3.89. The molecule has 1 saturated heterocycles. The Hall–Kier alpha value is -1.06. The fraction of sp³-hybridized carbons (Fsp3) is 0.667. The molecule has 3 nitrogen and oxygen atoms in total. The van der Waals surface area contributed by atoms with Gasteiger partial charge in [0.25, 0.3) is 0 Å². The summed E-state index contributed by atoms with van der Waals surface area (Å²) >= 11 is 0. The van der Waals surface area contributed by atoms with Gasteiger partial charge in [-0.15, -0.1) is 0 Å². The molecule has 116 valence electrons. The van der Waals surface area contributed by atoms with Crippen molar-refractivity contribution in [1.82, 2.24) is 9.80 Å². The highest BCUT2D eigenvalue weighted by Crippen LogP contribution is 2.38. The Bertz CT molecular complexity index is 498. The smallest absolute Gasteiger partial charge is 0.119 e. The topological polar surface area (TPSA) is 26.7 Å². The highest BCUT2D eigenvalue weighted by atomic mass is 16.3. The first-order valence-corrected chi connectivity index (χ1v) is 8.26. The molecule has 1 N–H and O–H groups in total. The van der Waals surface area contributed by atoms with Crippen molar-refractivity contribution < 1.29 is 5.11 Å². The van der Waals surface area contributed by atoms with Gasteiger partial charge in [-0.25, -0.2) is 0 Å². The molecule has 1 unspecified atom stereocenters. The van der Waals surface area contributed by atoms with E-state index in [-0.39, 0.29) is 5.54 Å². The van der Waals surface area contributed by atoms with Gasteiger partial charge in [0.15, 0.2) is 0 Å². The molecule has 2 aliphatic rings. The van der Waals surface area contributed by atoms with Gasteiger partial charge in [0.05, 0.1) is 0 Å². The Morgan fingerprint density at radius 3 is 2.48 bits per heavy atom. The van der Waals surface area contributed by atoms with Crippen molar-refractivity contribution in [3.05, 3.63) is 29.3 Å². The Labute approximate surface area is 128 Å². The zero-order valence-electron chi connectivity index (χ0n) is 13.6. The molecule has 0 bridgehead atoms. The van der Waals surface area contributed by atoms with E-state index in [0.29, 0.717) is 11.8 Å². The molecule has 1 fully saturated rings. The van der Waals surface area contributed by atoms with E-state index in [9.17, 15) is 5.11 Å². The molecule has 3 heteroatoms. The first-order valence-electron chi connectivity index (χ1n) is 8.26. The number of fused-ring (bicyclic) bond motifs is 1. The Morgan fingerprint density at radius 1 is 1.10 bits per heavy atom. The van der Waals surface area contributed by atoms with Crippen LogP contribution >= 0.6 is 0 Å². The van der Waals surface area contributed by atoms with E-state index in [2.05, 4.69) is 36.6 Å². The lowest BCUT2D eigenvalue weighted by atomic mass is 9.86. The van der Waals surface area contributed by atoms with Crippen molar-refractivity contribution in [1.29, 1.82) is 0 Å². The van der Waals surface area contributed by atoms with Crippen LogP contribution in [0.3, 0.4) is 0 Å². The second kappa shape index (κ2) is 5.62. The lowest BCUT2D eigenvalue weighted by Crippen LogP contribution is -2.54. The van der Waals surface area contributed by atoms with Gasteiger partial charge >= 0.3 is 0 Å². The van der Waals surface area contributed by atoms with E-state index in [1.165, 1.54) is 24.0 Å². The monoisotopic (exact) mass is 288 g/mol. The highest BCUT2D eigenvalue weighted by molar-refractivity contribution is 5.42. The number of phenols is 1. The first kappa shape index (κ1) is 14.9. The van der Waals surface area contributed by atoms with E-state index < -0.39 is 0 Å². The molecule has 0 aromatic heterocycles. The molecule has 1 aromatic carbocycles. The number of piperazine rings is 1. The van der Waals surface area contributed by atoms with Crippen LogP contribution in [0.15, 0.2) is 18.2 Å².